The maximum absolute atomic E-state index is 12.5. The third-order valence-corrected chi connectivity index (χ3v) is 3.88. The highest BCUT2D eigenvalue weighted by Gasteiger charge is 2.22. The van der Waals surface area contributed by atoms with Crippen LogP contribution in [0, 0.1) is 0 Å². The van der Waals surface area contributed by atoms with Crippen LogP contribution in [0.15, 0.2) is 42.5 Å². The lowest BCUT2D eigenvalue weighted by Gasteiger charge is -2.21. The molecule has 0 atom stereocenters. The maximum Gasteiger partial charge on any atom is 0.341 e. The molecule has 144 valence electrons. The average molecular weight is 370 g/mol. The Bertz CT molecular complexity index is 823. The maximum atomic E-state index is 12.5. The molecule has 0 aliphatic heterocycles. The minimum Gasteiger partial charge on any atom is -0.489 e. The summed E-state index contributed by atoms with van der Waals surface area (Å²) >= 11 is 0. The fourth-order valence-corrected chi connectivity index (χ4v) is 2.43. The van der Waals surface area contributed by atoms with E-state index >= 15 is 0 Å². The molecule has 0 saturated heterocycles. The van der Waals surface area contributed by atoms with Crippen molar-refractivity contribution < 1.29 is 19.1 Å². The zero-order chi connectivity index (χ0) is 20.2. The first-order valence-corrected chi connectivity index (χ1v) is 8.66. The molecule has 27 heavy (non-hydrogen) atoms. The van der Waals surface area contributed by atoms with Crippen LogP contribution in [0.4, 0.5) is 11.4 Å². The standard InChI is InChI=1S/C21H26N2O4/c1-14(24)23(5)16-9-11-17(12-10-16)26-13-15-7-6-8-18(22)19(15)20(25)27-21(2,3)4/h6-12H,13,22H2,1-5H3. The van der Waals surface area contributed by atoms with Gasteiger partial charge in [0.25, 0.3) is 0 Å². The first-order valence-electron chi connectivity index (χ1n) is 8.66. The van der Waals surface area contributed by atoms with Gasteiger partial charge in [0.05, 0.1) is 5.56 Å². The largest absolute Gasteiger partial charge is 0.489 e. The average Bonchev–Trinajstić information content (AvgIpc) is 2.58. The van der Waals surface area contributed by atoms with E-state index in [0.717, 1.165) is 5.69 Å². The number of esters is 1. The van der Waals surface area contributed by atoms with Gasteiger partial charge in [-0.3, -0.25) is 4.79 Å². The number of carbonyl (C=O) groups is 2. The molecule has 6 nitrogen and oxygen atoms in total. The molecule has 0 unspecified atom stereocenters. The van der Waals surface area contributed by atoms with Gasteiger partial charge < -0.3 is 20.1 Å². The van der Waals surface area contributed by atoms with Crippen LogP contribution in [0.2, 0.25) is 0 Å². The number of amides is 1. The van der Waals surface area contributed by atoms with E-state index in [0.29, 0.717) is 22.6 Å². The smallest absolute Gasteiger partial charge is 0.341 e. The van der Waals surface area contributed by atoms with Crippen molar-refractivity contribution in [3.63, 3.8) is 0 Å². The summed E-state index contributed by atoms with van der Waals surface area (Å²) in [5, 5.41) is 0. The molecule has 0 aliphatic carbocycles. The van der Waals surface area contributed by atoms with Gasteiger partial charge in [-0.1, -0.05) is 12.1 Å². The van der Waals surface area contributed by atoms with Gasteiger partial charge in [0, 0.05) is 30.9 Å². The van der Waals surface area contributed by atoms with Crippen LogP contribution < -0.4 is 15.4 Å². The number of ether oxygens (including phenoxy) is 2. The molecule has 6 heteroatoms. The molecule has 0 spiro atoms. The van der Waals surface area contributed by atoms with Crippen LogP contribution in [-0.4, -0.2) is 24.5 Å². The molecule has 2 N–H and O–H groups in total. The molecule has 0 aliphatic rings. The van der Waals surface area contributed by atoms with E-state index in [-0.39, 0.29) is 12.5 Å². The molecule has 0 saturated carbocycles. The molecule has 0 heterocycles. The van der Waals surface area contributed by atoms with E-state index in [1.54, 1.807) is 75.2 Å². The van der Waals surface area contributed by atoms with Gasteiger partial charge in [-0.05, 0) is 51.1 Å². The van der Waals surface area contributed by atoms with Gasteiger partial charge in [0.1, 0.15) is 18.0 Å². The lowest BCUT2D eigenvalue weighted by atomic mass is 10.1. The van der Waals surface area contributed by atoms with Crippen LogP contribution in [0.3, 0.4) is 0 Å². The highest BCUT2D eigenvalue weighted by atomic mass is 16.6. The molecular weight excluding hydrogens is 344 g/mol. The number of nitrogens with two attached hydrogens (primary N) is 1. The summed E-state index contributed by atoms with van der Waals surface area (Å²) in [5.74, 6) is 0.0938. The predicted molar refractivity (Wildman–Crippen MR) is 106 cm³/mol. The molecule has 2 rings (SSSR count). The summed E-state index contributed by atoms with van der Waals surface area (Å²) in [6.45, 7) is 7.09. The Kier molecular flexibility index (Phi) is 6.10. The molecule has 0 bridgehead atoms. The Morgan fingerprint density at radius 1 is 1.07 bits per heavy atom. The number of hydrogen-bond donors (Lipinski definition) is 1. The summed E-state index contributed by atoms with van der Waals surface area (Å²) < 4.78 is 11.2. The second-order valence-corrected chi connectivity index (χ2v) is 7.24. The molecule has 0 radical (unpaired) electrons. The zero-order valence-corrected chi connectivity index (χ0v) is 16.4. The molecule has 2 aromatic rings. The fourth-order valence-electron chi connectivity index (χ4n) is 2.43. The van der Waals surface area contributed by atoms with Gasteiger partial charge in [0.2, 0.25) is 5.91 Å². The minimum absolute atomic E-state index is 0.0505. The van der Waals surface area contributed by atoms with Gasteiger partial charge in [-0.25, -0.2) is 4.79 Å². The first kappa shape index (κ1) is 20.3. The van der Waals surface area contributed by atoms with Crippen molar-refractivity contribution in [2.45, 2.75) is 39.9 Å². The monoisotopic (exact) mass is 370 g/mol. The van der Waals surface area contributed by atoms with Gasteiger partial charge in [-0.2, -0.15) is 0 Å². The van der Waals surface area contributed by atoms with E-state index in [9.17, 15) is 9.59 Å². The summed E-state index contributed by atoms with van der Waals surface area (Å²) in [7, 11) is 1.71. The Hall–Kier alpha value is -3.02. The normalized spacial score (nSPS) is 11.0. The lowest BCUT2D eigenvalue weighted by molar-refractivity contribution is -0.116. The predicted octanol–water partition coefficient (Wildman–Crippen LogP) is 3.79. The van der Waals surface area contributed by atoms with Crippen molar-refractivity contribution >= 4 is 23.3 Å². The van der Waals surface area contributed by atoms with Crippen LogP contribution in [0.25, 0.3) is 0 Å². The highest BCUT2D eigenvalue weighted by Crippen LogP contribution is 2.24. The topological polar surface area (TPSA) is 81.9 Å². The van der Waals surface area contributed by atoms with E-state index in [2.05, 4.69) is 0 Å². The van der Waals surface area contributed by atoms with Crippen LogP contribution in [-0.2, 0) is 16.1 Å². The summed E-state index contributed by atoms with van der Waals surface area (Å²) in [5.41, 5.74) is 7.47. The number of carbonyl (C=O) groups excluding carboxylic acids is 2. The second-order valence-electron chi connectivity index (χ2n) is 7.24. The number of anilines is 2. The second kappa shape index (κ2) is 8.12. The molecule has 2 aromatic carbocycles. The van der Waals surface area contributed by atoms with Crippen LogP contribution in [0.5, 0.6) is 5.75 Å². The molecule has 0 fully saturated rings. The SMILES string of the molecule is CC(=O)N(C)c1ccc(OCc2cccc(N)c2C(=O)OC(C)(C)C)cc1. The molecular formula is C21H26N2O4. The number of rotatable bonds is 5. The van der Waals surface area contributed by atoms with E-state index in [1.165, 1.54) is 6.92 Å². The fraction of sp³-hybridized carbons (Fsp3) is 0.333. The van der Waals surface area contributed by atoms with Crippen LogP contribution >= 0.6 is 0 Å². The summed E-state index contributed by atoms with van der Waals surface area (Å²) in [4.78, 5) is 25.5. The van der Waals surface area contributed by atoms with Crippen molar-refractivity contribution in [2.75, 3.05) is 17.7 Å². The number of hydrogen-bond acceptors (Lipinski definition) is 5. The number of nitrogen functional groups attached to an aromatic ring is 1. The van der Waals surface area contributed by atoms with Crippen molar-refractivity contribution in [3.8, 4) is 5.75 Å². The quantitative estimate of drug-likeness (QED) is 0.640. The van der Waals surface area contributed by atoms with E-state index in [4.69, 9.17) is 15.2 Å². The molecule has 0 aromatic heterocycles. The molecule has 1 amide bonds. The van der Waals surface area contributed by atoms with E-state index in [1.807, 2.05) is 0 Å². The number of nitrogens with zero attached hydrogens (tertiary/aromatic N) is 1. The summed E-state index contributed by atoms with van der Waals surface area (Å²) in [6, 6.07) is 12.4. The van der Waals surface area contributed by atoms with Crippen molar-refractivity contribution in [3.05, 3.63) is 53.6 Å². The zero-order valence-electron chi connectivity index (χ0n) is 16.4. The van der Waals surface area contributed by atoms with Gasteiger partial charge in [-0.15, -0.1) is 0 Å². The highest BCUT2D eigenvalue weighted by molar-refractivity contribution is 5.97. The van der Waals surface area contributed by atoms with Crippen molar-refractivity contribution in [1.82, 2.24) is 0 Å². The Morgan fingerprint density at radius 3 is 2.26 bits per heavy atom. The van der Waals surface area contributed by atoms with Crippen molar-refractivity contribution in [1.29, 1.82) is 0 Å². The van der Waals surface area contributed by atoms with Gasteiger partial charge in [0.15, 0.2) is 0 Å². The third-order valence-electron chi connectivity index (χ3n) is 3.88. The summed E-state index contributed by atoms with van der Waals surface area (Å²) in [6.07, 6.45) is 0. The first-order chi connectivity index (χ1) is 12.6. The van der Waals surface area contributed by atoms with Crippen molar-refractivity contribution in [2.24, 2.45) is 0 Å². The Balaban J connectivity index is 2.15. The Labute approximate surface area is 159 Å². The van der Waals surface area contributed by atoms with E-state index < -0.39 is 11.6 Å². The third kappa shape index (κ3) is 5.48. The van der Waals surface area contributed by atoms with Gasteiger partial charge >= 0.3 is 5.97 Å². The minimum atomic E-state index is -0.615. The lowest BCUT2D eigenvalue weighted by Crippen LogP contribution is -2.25. The van der Waals surface area contributed by atoms with Crippen LogP contribution in [0.1, 0.15) is 43.6 Å². The number of benzene rings is 2. The Morgan fingerprint density at radius 2 is 1.70 bits per heavy atom.